The molecule has 0 bridgehead atoms. The summed E-state index contributed by atoms with van der Waals surface area (Å²) in [6.45, 7) is 2.85. The fourth-order valence-corrected chi connectivity index (χ4v) is 1.98. The molecule has 1 rings (SSSR count). The number of amides is 1. The van der Waals surface area contributed by atoms with Crippen LogP contribution in [0.3, 0.4) is 0 Å². The lowest BCUT2D eigenvalue weighted by molar-refractivity contribution is -0.160. The summed E-state index contributed by atoms with van der Waals surface area (Å²) in [6, 6.07) is 0. The van der Waals surface area contributed by atoms with Crippen molar-refractivity contribution < 1.29 is 19.5 Å². The van der Waals surface area contributed by atoms with E-state index >= 15 is 0 Å². The molecule has 1 saturated heterocycles. The van der Waals surface area contributed by atoms with E-state index in [0.29, 0.717) is 13.0 Å². The summed E-state index contributed by atoms with van der Waals surface area (Å²) in [5, 5.41) is 9.04. The van der Waals surface area contributed by atoms with E-state index in [1.54, 1.807) is 0 Å². The SMILES string of the molecule is CC(=O)N1CCC[C@@]1(C(C)=O)C(=O)O. The summed E-state index contributed by atoms with van der Waals surface area (Å²) in [4.78, 5) is 34.7. The van der Waals surface area contributed by atoms with Gasteiger partial charge in [0.25, 0.3) is 0 Å². The molecule has 0 aromatic rings. The van der Waals surface area contributed by atoms with Gasteiger partial charge in [0.1, 0.15) is 0 Å². The molecular formula is C9H13NO4. The van der Waals surface area contributed by atoms with Crippen molar-refractivity contribution in [2.24, 2.45) is 0 Å². The van der Waals surface area contributed by atoms with Crippen LogP contribution < -0.4 is 0 Å². The van der Waals surface area contributed by atoms with E-state index in [9.17, 15) is 14.4 Å². The number of likely N-dealkylation sites (tertiary alicyclic amines) is 1. The predicted octanol–water partition coefficient (Wildman–Crippen LogP) is 0.0411. The van der Waals surface area contributed by atoms with Crippen LogP contribution in [0.15, 0.2) is 0 Å². The van der Waals surface area contributed by atoms with Crippen molar-refractivity contribution in [3.63, 3.8) is 0 Å². The third-order valence-corrected chi connectivity index (χ3v) is 2.70. The molecule has 0 aliphatic carbocycles. The maximum Gasteiger partial charge on any atom is 0.337 e. The maximum absolute atomic E-state index is 11.3. The van der Waals surface area contributed by atoms with Crippen LogP contribution in [0.5, 0.6) is 0 Å². The highest BCUT2D eigenvalue weighted by Crippen LogP contribution is 2.30. The van der Waals surface area contributed by atoms with Gasteiger partial charge in [-0.25, -0.2) is 4.79 Å². The summed E-state index contributed by atoms with van der Waals surface area (Å²) in [5.41, 5.74) is -1.61. The fraction of sp³-hybridized carbons (Fsp3) is 0.667. The van der Waals surface area contributed by atoms with Crippen molar-refractivity contribution >= 4 is 17.7 Å². The van der Waals surface area contributed by atoms with E-state index in [2.05, 4.69) is 0 Å². The summed E-state index contributed by atoms with van der Waals surface area (Å²) in [6.07, 6.45) is 0.780. The molecule has 1 N–H and O–H groups in total. The Morgan fingerprint density at radius 3 is 2.14 bits per heavy atom. The first kappa shape index (κ1) is 10.7. The Kier molecular flexibility index (Phi) is 2.59. The quantitative estimate of drug-likeness (QED) is 0.637. The molecule has 1 atom stereocenters. The van der Waals surface area contributed by atoms with Crippen LogP contribution in [0, 0.1) is 0 Å². The van der Waals surface area contributed by atoms with Crippen LogP contribution in [-0.2, 0) is 14.4 Å². The highest BCUT2D eigenvalue weighted by Gasteiger charge is 2.53. The van der Waals surface area contributed by atoms with E-state index in [4.69, 9.17) is 5.11 Å². The first-order chi connectivity index (χ1) is 6.43. The molecule has 1 heterocycles. The van der Waals surface area contributed by atoms with E-state index < -0.39 is 17.3 Å². The molecule has 1 amide bonds. The normalized spacial score (nSPS) is 26.3. The van der Waals surface area contributed by atoms with E-state index in [1.165, 1.54) is 13.8 Å². The fourth-order valence-electron chi connectivity index (χ4n) is 1.98. The number of carbonyl (C=O) groups excluding carboxylic acids is 2. The molecule has 0 aromatic carbocycles. The van der Waals surface area contributed by atoms with Crippen LogP contribution in [0.4, 0.5) is 0 Å². The molecule has 1 fully saturated rings. The average molecular weight is 199 g/mol. The molecule has 78 valence electrons. The van der Waals surface area contributed by atoms with Crippen LogP contribution in [0.1, 0.15) is 26.7 Å². The number of Topliss-reactive ketones (excluding diaryl/α,β-unsaturated/α-hetero) is 1. The van der Waals surface area contributed by atoms with Crippen molar-refractivity contribution in [3.8, 4) is 0 Å². The standard InChI is InChI=1S/C9H13NO4/c1-6(11)9(8(13)14)4-3-5-10(9)7(2)12/h3-5H2,1-2H3,(H,13,14)/t9-/m1/s1. The van der Waals surface area contributed by atoms with Gasteiger partial charge in [0.2, 0.25) is 5.91 Å². The molecule has 5 heteroatoms. The molecule has 0 spiro atoms. The summed E-state index contributed by atoms with van der Waals surface area (Å²) in [5.74, 6) is -2.06. The van der Waals surface area contributed by atoms with Crippen molar-refractivity contribution in [1.29, 1.82) is 0 Å². The highest BCUT2D eigenvalue weighted by molar-refractivity contribution is 6.09. The molecular weight excluding hydrogens is 186 g/mol. The van der Waals surface area contributed by atoms with Gasteiger partial charge in [-0.05, 0) is 19.8 Å². The van der Waals surface area contributed by atoms with Gasteiger partial charge in [-0.15, -0.1) is 0 Å². The summed E-state index contributed by atoms with van der Waals surface area (Å²) in [7, 11) is 0. The molecule has 0 saturated carbocycles. The number of hydrogen-bond donors (Lipinski definition) is 1. The first-order valence-electron chi connectivity index (χ1n) is 4.45. The second-order valence-electron chi connectivity index (χ2n) is 3.50. The summed E-state index contributed by atoms with van der Waals surface area (Å²) < 4.78 is 0. The van der Waals surface area contributed by atoms with Crippen LogP contribution >= 0.6 is 0 Å². The second kappa shape index (κ2) is 3.40. The third-order valence-electron chi connectivity index (χ3n) is 2.70. The largest absolute Gasteiger partial charge is 0.479 e. The minimum atomic E-state index is -1.61. The Bertz CT molecular complexity index is 283. The minimum absolute atomic E-state index is 0.219. The zero-order valence-corrected chi connectivity index (χ0v) is 8.24. The number of carboxylic acid groups (broad SMARTS) is 1. The molecule has 0 unspecified atom stereocenters. The Labute approximate surface area is 81.7 Å². The van der Waals surface area contributed by atoms with Gasteiger partial charge < -0.3 is 10.0 Å². The van der Waals surface area contributed by atoms with Crippen LogP contribution in [-0.4, -0.2) is 39.7 Å². The van der Waals surface area contributed by atoms with E-state index in [1.807, 2.05) is 0 Å². The predicted molar refractivity (Wildman–Crippen MR) is 47.7 cm³/mol. The lowest BCUT2D eigenvalue weighted by Gasteiger charge is -2.31. The third kappa shape index (κ3) is 1.29. The minimum Gasteiger partial charge on any atom is -0.479 e. The van der Waals surface area contributed by atoms with E-state index in [-0.39, 0.29) is 12.3 Å². The molecule has 1 aliphatic heterocycles. The van der Waals surface area contributed by atoms with Gasteiger partial charge in [0, 0.05) is 13.5 Å². The average Bonchev–Trinajstić information content (AvgIpc) is 2.47. The molecule has 0 radical (unpaired) electrons. The Morgan fingerprint density at radius 2 is 1.86 bits per heavy atom. The smallest absolute Gasteiger partial charge is 0.337 e. The maximum atomic E-state index is 11.3. The molecule has 0 aromatic heterocycles. The lowest BCUT2D eigenvalue weighted by atomic mass is 9.91. The topological polar surface area (TPSA) is 74.7 Å². The Morgan fingerprint density at radius 1 is 1.29 bits per heavy atom. The monoisotopic (exact) mass is 199 g/mol. The van der Waals surface area contributed by atoms with Crippen LogP contribution in [0.25, 0.3) is 0 Å². The number of hydrogen-bond acceptors (Lipinski definition) is 3. The van der Waals surface area contributed by atoms with Gasteiger partial charge in [0.05, 0.1) is 0 Å². The zero-order chi connectivity index (χ0) is 10.9. The Balaban J connectivity index is 3.14. The summed E-state index contributed by atoms with van der Waals surface area (Å²) >= 11 is 0. The van der Waals surface area contributed by atoms with Gasteiger partial charge in [-0.3, -0.25) is 9.59 Å². The second-order valence-corrected chi connectivity index (χ2v) is 3.50. The lowest BCUT2D eigenvalue weighted by Crippen LogP contribution is -2.57. The van der Waals surface area contributed by atoms with E-state index in [0.717, 1.165) is 4.90 Å². The number of aliphatic carboxylic acids is 1. The number of nitrogens with zero attached hydrogens (tertiary/aromatic N) is 1. The van der Waals surface area contributed by atoms with Gasteiger partial charge >= 0.3 is 5.97 Å². The number of ketones is 1. The first-order valence-corrected chi connectivity index (χ1v) is 4.45. The van der Waals surface area contributed by atoms with Crippen molar-refractivity contribution in [2.45, 2.75) is 32.2 Å². The highest BCUT2D eigenvalue weighted by atomic mass is 16.4. The van der Waals surface area contributed by atoms with Gasteiger partial charge in [0.15, 0.2) is 11.3 Å². The van der Waals surface area contributed by atoms with Crippen molar-refractivity contribution in [3.05, 3.63) is 0 Å². The molecule has 5 nitrogen and oxygen atoms in total. The number of rotatable bonds is 2. The molecule has 14 heavy (non-hydrogen) atoms. The van der Waals surface area contributed by atoms with Crippen molar-refractivity contribution in [2.75, 3.05) is 6.54 Å². The van der Waals surface area contributed by atoms with Crippen molar-refractivity contribution in [1.82, 2.24) is 4.90 Å². The number of carboxylic acids is 1. The van der Waals surface area contributed by atoms with Gasteiger partial charge in [-0.1, -0.05) is 0 Å². The van der Waals surface area contributed by atoms with Crippen LogP contribution in [0.2, 0.25) is 0 Å². The van der Waals surface area contributed by atoms with Gasteiger partial charge in [-0.2, -0.15) is 0 Å². The molecule has 1 aliphatic rings. The number of carbonyl (C=O) groups is 3. The Hall–Kier alpha value is -1.39. The zero-order valence-electron chi connectivity index (χ0n) is 8.24.